The molecule has 3 unspecified atom stereocenters. The second-order valence-electron chi connectivity index (χ2n) is 5.62. The van der Waals surface area contributed by atoms with Crippen LogP contribution in [-0.2, 0) is 0 Å². The summed E-state index contributed by atoms with van der Waals surface area (Å²) >= 11 is 0. The lowest BCUT2D eigenvalue weighted by Gasteiger charge is -2.20. The Bertz CT molecular complexity index is 187. The maximum atomic E-state index is 9.83. The van der Waals surface area contributed by atoms with Crippen molar-refractivity contribution in [2.75, 3.05) is 13.2 Å². The summed E-state index contributed by atoms with van der Waals surface area (Å²) in [6.45, 7) is 2.39. The Hall–Kier alpha value is -0.160. The SMILES string of the molecule is CC(CCO)CC(O)C(O)CCCCCCCCO. The first kappa shape index (κ1) is 18.8. The van der Waals surface area contributed by atoms with E-state index in [-0.39, 0.29) is 19.1 Å². The predicted octanol–water partition coefficient (Wildman–Crippen LogP) is 1.84. The smallest absolute Gasteiger partial charge is 0.0801 e. The molecule has 116 valence electrons. The van der Waals surface area contributed by atoms with Gasteiger partial charge in [0.25, 0.3) is 0 Å². The molecule has 0 rings (SSSR count). The summed E-state index contributed by atoms with van der Waals surface area (Å²) in [5.74, 6) is 0.244. The molecule has 0 saturated heterocycles. The quantitative estimate of drug-likeness (QED) is 0.387. The molecular formula is C15H32O4. The van der Waals surface area contributed by atoms with Crippen LogP contribution >= 0.6 is 0 Å². The molecule has 0 aliphatic rings. The zero-order valence-electron chi connectivity index (χ0n) is 12.3. The summed E-state index contributed by atoms with van der Waals surface area (Å²) in [5, 5.41) is 37.1. The van der Waals surface area contributed by atoms with Crippen molar-refractivity contribution in [1.82, 2.24) is 0 Å². The van der Waals surface area contributed by atoms with Crippen molar-refractivity contribution in [1.29, 1.82) is 0 Å². The molecule has 4 nitrogen and oxygen atoms in total. The highest BCUT2D eigenvalue weighted by atomic mass is 16.3. The molecule has 0 amide bonds. The highest BCUT2D eigenvalue weighted by Crippen LogP contribution is 2.16. The zero-order valence-corrected chi connectivity index (χ0v) is 12.3. The van der Waals surface area contributed by atoms with E-state index in [1.807, 2.05) is 6.92 Å². The lowest BCUT2D eigenvalue weighted by atomic mass is 9.95. The maximum absolute atomic E-state index is 9.83. The molecule has 4 N–H and O–H groups in total. The Labute approximate surface area is 117 Å². The van der Waals surface area contributed by atoms with Gasteiger partial charge in [0.1, 0.15) is 0 Å². The molecule has 0 aromatic carbocycles. The molecule has 4 heteroatoms. The summed E-state index contributed by atoms with van der Waals surface area (Å²) in [4.78, 5) is 0. The highest BCUT2D eigenvalue weighted by molar-refractivity contribution is 4.70. The van der Waals surface area contributed by atoms with Crippen LogP contribution < -0.4 is 0 Å². The Morgan fingerprint density at radius 1 is 0.684 bits per heavy atom. The van der Waals surface area contributed by atoms with E-state index in [1.54, 1.807) is 0 Å². The van der Waals surface area contributed by atoms with E-state index in [9.17, 15) is 10.2 Å². The average Bonchev–Trinajstić information content (AvgIpc) is 2.37. The molecular weight excluding hydrogens is 244 g/mol. The zero-order chi connectivity index (χ0) is 14.5. The number of hydrogen-bond donors (Lipinski definition) is 4. The minimum atomic E-state index is -0.670. The van der Waals surface area contributed by atoms with Crippen LogP contribution in [0, 0.1) is 5.92 Å². The molecule has 0 aliphatic heterocycles. The summed E-state index contributed by atoms with van der Waals surface area (Å²) < 4.78 is 0. The fourth-order valence-electron chi connectivity index (χ4n) is 2.27. The molecule has 0 spiro atoms. The lowest BCUT2D eigenvalue weighted by molar-refractivity contribution is -0.00111. The van der Waals surface area contributed by atoms with Crippen molar-refractivity contribution in [3.8, 4) is 0 Å². The number of unbranched alkanes of at least 4 members (excludes halogenated alkanes) is 5. The molecule has 0 bridgehead atoms. The monoisotopic (exact) mass is 276 g/mol. The van der Waals surface area contributed by atoms with Crippen LogP contribution in [0.5, 0.6) is 0 Å². The molecule has 0 radical (unpaired) electrons. The van der Waals surface area contributed by atoms with Crippen molar-refractivity contribution in [3.05, 3.63) is 0 Å². The molecule has 0 fully saturated rings. The first-order chi connectivity index (χ1) is 9.11. The van der Waals surface area contributed by atoms with E-state index in [2.05, 4.69) is 0 Å². The van der Waals surface area contributed by atoms with E-state index in [0.717, 1.165) is 38.5 Å². The first-order valence-electron chi connectivity index (χ1n) is 7.69. The number of hydrogen-bond acceptors (Lipinski definition) is 4. The van der Waals surface area contributed by atoms with Gasteiger partial charge < -0.3 is 20.4 Å². The Kier molecular flexibility index (Phi) is 12.7. The van der Waals surface area contributed by atoms with Crippen LogP contribution in [0.4, 0.5) is 0 Å². The Balaban J connectivity index is 3.48. The highest BCUT2D eigenvalue weighted by Gasteiger charge is 2.18. The van der Waals surface area contributed by atoms with Crippen LogP contribution in [0.15, 0.2) is 0 Å². The predicted molar refractivity (Wildman–Crippen MR) is 76.9 cm³/mol. The lowest BCUT2D eigenvalue weighted by Crippen LogP contribution is -2.27. The van der Waals surface area contributed by atoms with Crippen LogP contribution in [0.25, 0.3) is 0 Å². The molecule has 0 aliphatic carbocycles. The number of aliphatic hydroxyl groups is 4. The maximum Gasteiger partial charge on any atom is 0.0801 e. The van der Waals surface area contributed by atoms with Gasteiger partial charge in [0.15, 0.2) is 0 Å². The summed E-state index contributed by atoms with van der Waals surface area (Å²) in [7, 11) is 0. The van der Waals surface area contributed by atoms with Crippen LogP contribution in [0.1, 0.15) is 64.7 Å². The topological polar surface area (TPSA) is 80.9 Å². The van der Waals surface area contributed by atoms with Crippen molar-refractivity contribution in [3.63, 3.8) is 0 Å². The van der Waals surface area contributed by atoms with Gasteiger partial charge in [0.2, 0.25) is 0 Å². The minimum absolute atomic E-state index is 0.137. The normalized spacial score (nSPS) is 16.3. The van der Waals surface area contributed by atoms with Crippen molar-refractivity contribution >= 4 is 0 Å². The van der Waals surface area contributed by atoms with Crippen molar-refractivity contribution in [2.24, 2.45) is 5.92 Å². The van der Waals surface area contributed by atoms with Gasteiger partial charge in [-0.05, 0) is 31.6 Å². The van der Waals surface area contributed by atoms with Gasteiger partial charge in [0.05, 0.1) is 12.2 Å². The third-order valence-electron chi connectivity index (χ3n) is 3.62. The van der Waals surface area contributed by atoms with Gasteiger partial charge in [-0.1, -0.05) is 39.0 Å². The van der Waals surface area contributed by atoms with Crippen molar-refractivity contribution < 1.29 is 20.4 Å². The Morgan fingerprint density at radius 2 is 1.26 bits per heavy atom. The van der Waals surface area contributed by atoms with Crippen molar-refractivity contribution in [2.45, 2.75) is 76.9 Å². The second kappa shape index (κ2) is 12.9. The van der Waals surface area contributed by atoms with E-state index in [1.165, 1.54) is 0 Å². The third-order valence-corrected chi connectivity index (χ3v) is 3.62. The van der Waals surface area contributed by atoms with Crippen LogP contribution in [0.2, 0.25) is 0 Å². The summed E-state index contributed by atoms with van der Waals surface area (Å²) in [6.07, 6.45) is 6.78. The number of aliphatic hydroxyl groups excluding tert-OH is 4. The third kappa shape index (κ3) is 11.4. The van der Waals surface area contributed by atoms with E-state index >= 15 is 0 Å². The average molecular weight is 276 g/mol. The Morgan fingerprint density at radius 3 is 1.84 bits per heavy atom. The van der Waals surface area contributed by atoms with Gasteiger partial charge in [-0.2, -0.15) is 0 Å². The van der Waals surface area contributed by atoms with Gasteiger partial charge in [-0.3, -0.25) is 0 Å². The molecule has 0 saturated carbocycles. The summed E-state index contributed by atoms with van der Waals surface area (Å²) in [6, 6.07) is 0. The molecule has 0 aromatic heterocycles. The fourth-order valence-corrected chi connectivity index (χ4v) is 2.27. The summed E-state index contributed by atoms with van der Waals surface area (Å²) in [5.41, 5.74) is 0. The van der Waals surface area contributed by atoms with E-state index < -0.39 is 12.2 Å². The second-order valence-corrected chi connectivity index (χ2v) is 5.62. The van der Waals surface area contributed by atoms with Crippen LogP contribution in [-0.4, -0.2) is 45.8 Å². The molecule has 3 atom stereocenters. The van der Waals surface area contributed by atoms with Crippen LogP contribution in [0.3, 0.4) is 0 Å². The molecule has 0 aromatic rings. The molecule has 0 heterocycles. The van der Waals surface area contributed by atoms with E-state index in [0.29, 0.717) is 19.3 Å². The number of rotatable bonds is 13. The van der Waals surface area contributed by atoms with Gasteiger partial charge in [-0.15, -0.1) is 0 Å². The van der Waals surface area contributed by atoms with Gasteiger partial charge in [-0.25, -0.2) is 0 Å². The first-order valence-corrected chi connectivity index (χ1v) is 7.69. The largest absolute Gasteiger partial charge is 0.396 e. The van der Waals surface area contributed by atoms with E-state index in [4.69, 9.17) is 10.2 Å². The standard InChI is InChI=1S/C15H32O4/c1-13(9-11-17)12-15(19)14(18)8-6-4-2-3-5-7-10-16/h13-19H,2-12H2,1H3. The fraction of sp³-hybridized carbons (Fsp3) is 1.00. The minimum Gasteiger partial charge on any atom is -0.396 e. The van der Waals surface area contributed by atoms with Gasteiger partial charge in [0, 0.05) is 13.2 Å². The molecule has 19 heavy (non-hydrogen) atoms. The van der Waals surface area contributed by atoms with Gasteiger partial charge >= 0.3 is 0 Å².